The topological polar surface area (TPSA) is 89.1 Å². The Morgan fingerprint density at radius 3 is 2.62 bits per heavy atom. The molecule has 9 heteroatoms. The molecule has 0 fully saturated rings. The number of hydrogen-bond donors (Lipinski definition) is 2. The average molecular weight is 496 g/mol. The van der Waals surface area contributed by atoms with E-state index in [9.17, 15) is 9.18 Å². The minimum atomic E-state index is -0.358. The molecule has 0 spiro atoms. The monoisotopic (exact) mass is 495 g/mol. The molecule has 8 nitrogen and oxygen atoms in total. The first kappa shape index (κ1) is 22.9. The van der Waals surface area contributed by atoms with Gasteiger partial charge in [-0.15, -0.1) is 0 Å². The second-order valence-corrected chi connectivity index (χ2v) is 9.47. The Morgan fingerprint density at radius 1 is 1.05 bits per heavy atom. The number of nitrogens with one attached hydrogen (secondary N) is 2. The van der Waals surface area contributed by atoms with E-state index in [1.54, 1.807) is 42.3 Å². The Bertz CT molecular complexity index is 1610. The molecule has 1 amide bonds. The average Bonchev–Trinajstić information content (AvgIpc) is 3.59. The lowest BCUT2D eigenvalue weighted by atomic mass is 10.1. The lowest BCUT2D eigenvalue weighted by Crippen LogP contribution is -2.21. The van der Waals surface area contributed by atoms with Crippen LogP contribution in [0.3, 0.4) is 0 Å². The van der Waals surface area contributed by atoms with Gasteiger partial charge in [0.15, 0.2) is 11.5 Å². The van der Waals surface area contributed by atoms with E-state index in [2.05, 4.69) is 45.0 Å². The third-order valence-electron chi connectivity index (χ3n) is 6.78. The third kappa shape index (κ3) is 4.44. The molecule has 0 aliphatic heterocycles. The molecule has 3 heterocycles. The van der Waals surface area contributed by atoms with Crippen LogP contribution < -0.4 is 10.6 Å². The van der Waals surface area contributed by atoms with Crippen molar-refractivity contribution >= 4 is 23.1 Å². The van der Waals surface area contributed by atoms with Crippen LogP contribution in [0.1, 0.15) is 22.4 Å². The summed E-state index contributed by atoms with van der Waals surface area (Å²) in [5.74, 6) is 0.106. The molecule has 0 unspecified atom stereocenters. The predicted octanol–water partition coefficient (Wildman–Crippen LogP) is 4.57. The van der Waals surface area contributed by atoms with Crippen LogP contribution in [0.15, 0.2) is 67.3 Å². The minimum absolute atomic E-state index is 0.00230. The van der Waals surface area contributed by atoms with Crippen molar-refractivity contribution in [2.75, 3.05) is 10.6 Å². The van der Waals surface area contributed by atoms with Gasteiger partial charge >= 0.3 is 0 Å². The molecule has 0 radical (unpaired) electrons. The molecule has 2 N–H and O–H groups in total. The zero-order chi connectivity index (χ0) is 25.5. The fourth-order valence-corrected chi connectivity index (χ4v) is 4.94. The summed E-state index contributed by atoms with van der Waals surface area (Å²) in [4.78, 5) is 22.0. The van der Waals surface area contributed by atoms with Crippen molar-refractivity contribution in [3.05, 3.63) is 95.5 Å². The fourth-order valence-electron chi connectivity index (χ4n) is 4.94. The Kier molecular flexibility index (Phi) is 5.67. The molecular formula is C28H26FN7O. The van der Waals surface area contributed by atoms with E-state index in [1.165, 1.54) is 17.2 Å². The summed E-state index contributed by atoms with van der Waals surface area (Å²) in [7, 11) is 0. The molecule has 0 bridgehead atoms. The zero-order valence-corrected chi connectivity index (χ0v) is 20.6. The first-order chi connectivity index (χ1) is 17.9. The van der Waals surface area contributed by atoms with Crippen molar-refractivity contribution in [1.29, 1.82) is 0 Å². The van der Waals surface area contributed by atoms with E-state index in [0.29, 0.717) is 11.3 Å². The van der Waals surface area contributed by atoms with E-state index in [0.717, 1.165) is 41.3 Å². The first-order valence-corrected chi connectivity index (χ1v) is 12.2. The number of rotatable bonds is 6. The van der Waals surface area contributed by atoms with Crippen LogP contribution in [-0.4, -0.2) is 36.1 Å². The van der Waals surface area contributed by atoms with Gasteiger partial charge in [-0.25, -0.2) is 14.4 Å². The van der Waals surface area contributed by atoms with Gasteiger partial charge in [-0.1, -0.05) is 30.3 Å². The summed E-state index contributed by atoms with van der Waals surface area (Å²) >= 11 is 0. The van der Waals surface area contributed by atoms with E-state index >= 15 is 0 Å². The van der Waals surface area contributed by atoms with Gasteiger partial charge in [0.1, 0.15) is 12.4 Å². The minimum Gasteiger partial charge on any atom is -0.364 e. The molecule has 3 aromatic heterocycles. The van der Waals surface area contributed by atoms with E-state index < -0.39 is 0 Å². The maximum absolute atomic E-state index is 13.8. The summed E-state index contributed by atoms with van der Waals surface area (Å²) in [5.41, 5.74) is 6.88. The van der Waals surface area contributed by atoms with Crippen LogP contribution in [-0.2, 0) is 24.2 Å². The molecule has 0 atom stereocenters. The van der Waals surface area contributed by atoms with Gasteiger partial charge in [-0.05, 0) is 49.9 Å². The second-order valence-electron chi connectivity index (χ2n) is 9.47. The lowest BCUT2D eigenvalue weighted by Gasteiger charge is -2.14. The Labute approximate surface area is 213 Å². The van der Waals surface area contributed by atoms with Crippen molar-refractivity contribution in [1.82, 2.24) is 24.1 Å². The normalized spacial score (nSPS) is 13.2. The van der Waals surface area contributed by atoms with Crippen LogP contribution >= 0.6 is 0 Å². The number of imidazole rings is 1. The molecule has 6 rings (SSSR count). The van der Waals surface area contributed by atoms with E-state index in [4.69, 9.17) is 4.98 Å². The number of hydrogen-bond acceptors (Lipinski definition) is 5. The van der Waals surface area contributed by atoms with Crippen LogP contribution in [0.4, 0.5) is 15.9 Å². The smallest absolute Gasteiger partial charge is 0.246 e. The number of amides is 1. The van der Waals surface area contributed by atoms with Crippen LogP contribution in [0.5, 0.6) is 0 Å². The molecule has 37 heavy (non-hydrogen) atoms. The van der Waals surface area contributed by atoms with Crippen LogP contribution in [0.25, 0.3) is 16.9 Å². The second kappa shape index (κ2) is 9.16. The highest BCUT2D eigenvalue weighted by atomic mass is 19.1. The molecule has 1 aliphatic carbocycles. The fraction of sp³-hybridized carbons (Fsp3) is 0.214. The quantitative estimate of drug-likeness (QED) is 0.360. The zero-order valence-electron chi connectivity index (χ0n) is 20.6. The summed E-state index contributed by atoms with van der Waals surface area (Å²) in [6.07, 6.45) is 9.16. The molecule has 0 saturated carbocycles. The molecule has 0 saturated heterocycles. The Hall–Kier alpha value is -4.53. The van der Waals surface area contributed by atoms with Gasteiger partial charge in [0, 0.05) is 35.2 Å². The van der Waals surface area contributed by atoms with Crippen molar-refractivity contribution in [2.45, 2.75) is 39.3 Å². The largest absolute Gasteiger partial charge is 0.364 e. The maximum atomic E-state index is 13.8. The molecule has 186 valence electrons. The number of aromatic nitrogens is 5. The van der Waals surface area contributed by atoms with Gasteiger partial charge in [0.05, 0.1) is 23.8 Å². The third-order valence-corrected chi connectivity index (χ3v) is 6.78. The van der Waals surface area contributed by atoms with Crippen LogP contribution in [0, 0.1) is 19.7 Å². The number of anilines is 2. The van der Waals surface area contributed by atoms with E-state index in [-0.39, 0.29) is 24.3 Å². The molecule has 5 aromatic rings. The number of benzene rings is 2. The highest BCUT2D eigenvalue weighted by Gasteiger charge is 2.23. The van der Waals surface area contributed by atoms with Crippen molar-refractivity contribution in [3.8, 4) is 11.3 Å². The standard InChI is InChI=1S/C28H26FN7O/c1-17-14-36-25(13-30-28(36)27(32-17)33-22-10-19-6-3-4-7-20(19)11-22)21-12-31-35(15-21)16-26(37)34-24-9-5-8-23(29)18(24)2/h3-9,12-15,22H,10-11,16H2,1-2H3,(H,32,33)(H,34,37). The molecule has 1 aliphatic rings. The predicted molar refractivity (Wildman–Crippen MR) is 140 cm³/mol. The number of aryl methyl sites for hydroxylation is 1. The summed E-state index contributed by atoms with van der Waals surface area (Å²) in [6, 6.07) is 13.4. The van der Waals surface area contributed by atoms with Gasteiger partial charge in [-0.2, -0.15) is 5.10 Å². The number of halogens is 1. The van der Waals surface area contributed by atoms with Gasteiger partial charge in [0.2, 0.25) is 5.91 Å². The first-order valence-electron chi connectivity index (χ1n) is 12.2. The molecule has 2 aromatic carbocycles. The summed E-state index contributed by atoms with van der Waals surface area (Å²) in [6.45, 7) is 3.59. The Balaban J connectivity index is 1.21. The summed E-state index contributed by atoms with van der Waals surface area (Å²) < 4.78 is 17.4. The Morgan fingerprint density at radius 2 is 1.84 bits per heavy atom. The van der Waals surface area contributed by atoms with E-state index in [1.807, 2.05) is 17.5 Å². The number of carbonyl (C=O) groups excluding carboxylic acids is 1. The highest BCUT2D eigenvalue weighted by molar-refractivity contribution is 5.91. The van der Waals surface area contributed by atoms with Gasteiger partial charge in [0.25, 0.3) is 0 Å². The molecular weight excluding hydrogens is 469 g/mol. The lowest BCUT2D eigenvalue weighted by molar-refractivity contribution is -0.116. The SMILES string of the molecule is Cc1cn2c(-c3cnn(CC(=O)Nc4cccc(F)c4C)c3)cnc2c(NC2Cc3ccccc3C2)n1. The van der Waals surface area contributed by atoms with Crippen LogP contribution in [0.2, 0.25) is 0 Å². The van der Waals surface area contributed by atoms with Gasteiger partial charge in [-0.3, -0.25) is 13.9 Å². The van der Waals surface area contributed by atoms with Crippen molar-refractivity contribution in [3.63, 3.8) is 0 Å². The summed E-state index contributed by atoms with van der Waals surface area (Å²) in [5, 5.41) is 10.7. The maximum Gasteiger partial charge on any atom is 0.246 e. The number of nitrogens with zero attached hydrogens (tertiary/aromatic N) is 5. The van der Waals surface area contributed by atoms with Crippen molar-refractivity contribution < 1.29 is 9.18 Å². The number of fused-ring (bicyclic) bond motifs is 2. The highest BCUT2D eigenvalue weighted by Crippen LogP contribution is 2.28. The van der Waals surface area contributed by atoms with Gasteiger partial charge < -0.3 is 10.6 Å². The number of carbonyl (C=O) groups is 1. The van der Waals surface area contributed by atoms with Crippen molar-refractivity contribution in [2.24, 2.45) is 0 Å².